The van der Waals surface area contributed by atoms with Crippen LogP contribution >= 0.6 is 0 Å². The molecule has 2 N–H and O–H groups in total. The zero-order valence-corrected chi connectivity index (χ0v) is 16.1. The second-order valence-corrected chi connectivity index (χ2v) is 7.91. The lowest BCUT2D eigenvalue weighted by atomic mass is 9.85. The highest BCUT2D eigenvalue weighted by molar-refractivity contribution is 5.78. The molecule has 1 aromatic carbocycles. The Morgan fingerprint density at radius 1 is 1.23 bits per heavy atom. The Kier molecular flexibility index (Phi) is 6.64. The van der Waals surface area contributed by atoms with Crippen LogP contribution in [0.25, 0.3) is 0 Å². The molecule has 1 aromatic rings. The van der Waals surface area contributed by atoms with Crippen molar-refractivity contribution in [2.24, 2.45) is 0 Å². The van der Waals surface area contributed by atoms with E-state index in [-0.39, 0.29) is 36.6 Å². The number of carboxylic acid groups (broad SMARTS) is 1. The van der Waals surface area contributed by atoms with E-state index in [2.05, 4.69) is 26.1 Å². The molecule has 26 heavy (non-hydrogen) atoms. The van der Waals surface area contributed by atoms with E-state index in [1.807, 2.05) is 36.1 Å². The fourth-order valence-corrected chi connectivity index (χ4v) is 3.15. The largest absolute Gasteiger partial charge is 0.484 e. The maximum atomic E-state index is 12.0. The van der Waals surface area contributed by atoms with Crippen molar-refractivity contribution in [2.75, 3.05) is 19.7 Å². The van der Waals surface area contributed by atoms with Crippen molar-refractivity contribution in [3.63, 3.8) is 0 Å². The molecular formula is C20H30N2O4. The van der Waals surface area contributed by atoms with Crippen LogP contribution in [0.5, 0.6) is 5.75 Å². The first-order valence-corrected chi connectivity index (χ1v) is 9.17. The van der Waals surface area contributed by atoms with Crippen molar-refractivity contribution in [1.29, 1.82) is 0 Å². The number of carbonyl (C=O) groups is 2. The number of nitrogens with one attached hydrogen (secondary N) is 1. The van der Waals surface area contributed by atoms with E-state index in [9.17, 15) is 9.59 Å². The fourth-order valence-electron chi connectivity index (χ4n) is 3.15. The summed E-state index contributed by atoms with van der Waals surface area (Å²) in [6.45, 7) is 9.14. The van der Waals surface area contributed by atoms with Crippen molar-refractivity contribution in [1.82, 2.24) is 10.2 Å². The molecule has 6 nitrogen and oxygen atoms in total. The molecule has 0 unspecified atom stereocenters. The van der Waals surface area contributed by atoms with E-state index >= 15 is 0 Å². The normalized spacial score (nSPS) is 19.7. The minimum absolute atomic E-state index is 0.0113. The summed E-state index contributed by atoms with van der Waals surface area (Å²) in [5.74, 6) is -0.280. The summed E-state index contributed by atoms with van der Waals surface area (Å²) in [6, 6.07) is 8.14. The lowest BCUT2D eigenvalue weighted by molar-refractivity contribution is -0.139. The first kappa shape index (κ1) is 20.2. The molecule has 0 atom stereocenters. The molecule has 1 aliphatic carbocycles. The maximum Gasteiger partial charge on any atom is 0.317 e. The standard InChI is InChI=1S/C20H30N2O4/c1-5-22(12-19(24)25)16-10-15(11-16)21-18(23)13-26-17-8-6-14(7-9-17)20(2,3)4/h6-9,15-16H,5,10-13H2,1-4H3,(H,21,23)(H,24,25). The zero-order chi connectivity index (χ0) is 19.3. The lowest BCUT2D eigenvalue weighted by Crippen LogP contribution is -2.55. The summed E-state index contributed by atoms with van der Waals surface area (Å²) in [5.41, 5.74) is 1.31. The van der Waals surface area contributed by atoms with Crippen LogP contribution < -0.4 is 10.1 Å². The average Bonchev–Trinajstić information content (AvgIpc) is 2.53. The van der Waals surface area contributed by atoms with Gasteiger partial charge in [-0.3, -0.25) is 14.5 Å². The third kappa shape index (κ3) is 5.73. The van der Waals surface area contributed by atoms with Gasteiger partial charge < -0.3 is 15.2 Å². The number of aliphatic carboxylic acids is 1. The number of hydrogen-bond donors (Lipinski definition) is 2. The molecular weight excluding hydrogens is 332 g/mol. The number of benzene rings is 1. The van der Waals surface area contributed by atoms with E-state index < -0.39 is 5.97 Å². The fraction of sp³-hybridized carbons (Fsp3) is 0.600. The average molecular weight is 362 g/mol. The Morgan fingerprint density at radius 2 is 1.85 bits per heavy atom. The van der Waals surface area contributed by atoms with Crippen LogP contribution in [-0.4, -0.2) is 53.7 Å². The Balaban J connectivity index is 1.71. The van der Waals surface area contributed by atoms with Crippen LogP contribution in [0.4, 0.5) is 0 Å². The molecule has 0 aliphatic heterocycles. The summed E-state index contributed by atoms with van der Waals surface area (Å²) in [5, 5.41) is 11.9. The highest BCUT2D eigenvalue weighted by Crippen LogP contribution is 2.26. The molecule has 0 spiro atoms. The Bertz CT molecular complexity index is 616. The zero-order valence-electron chi connectivity index (χ0n) is 16.1. The van der Waals surface area contributed by atoms with Crippen LogP contribution in [0.1, 0.15) is 46.1 Å². The van der Waals surface area contributed by atoms with Gasteiger partial charge in [0.2, 0.25) is 0 Å². The molecule has 0 radical (unpaired) electrons. The highest BCUT2D eigenvalue weighted by atomic mass is 16.5. The molecule has 1 fully saturated rings. The second-order valence-electron chi connectivity index (χ2n) is 7.91. The van der Waals surface area contributed by atoms with Gasteiger partial charge in [0.25, 0.3) is 5.91 Å². The summed E-state index contributed by atoms with van der Waals surface area (Å²) in [6.07, 6.45) is 1.57. The van der Waals surface area contributed by atoms with E-state index in [4.69, 9.17) is 9.84 Å². The smallest absolute Gasteiger partial charge is 0.317 e. The predicted octanol–water partition coefficient (Wildman–Crippen LogP) is 2.42. The minimum Gasteiger partial charge on any atom is -0.484 e. The van der Waals surface area contributed by atoms with Gasteiger partial charge in [0.1, 0.15) is 5.75 Å². The Labute approximate surface area is 155 Å². The quantitative estimate of drug-likeness (QED) is 0.742. The van der Waals surface area contributed by atoms with Gasteiger partial charge in [-0.15, -0.1) is 0 Å². The monoisotopic (exact) mass is 362 g/mol. The topological polar surface area (TPSA) is 78.9 Å². The molecule has 0 bridgehead atoms. The third-order valence-electron chi connectivity index (χ3n) is 4.83. The highest BCUT2D eigenvalue weighted by Gasteiger charge is 2.34. The van der Waals surface area contributed by atoms with E-state index in [0.29, 0.717) is 12.3 Å². The van der Waals surface area contributed by atoms with Crippen molar-refractivity contribution in [3.05, 3.63) is 29.8 Å². The summed E-state index contributed by atoms with van der Waals surface area (Å²) >= 11 is 0. The molecule has 0 saturated heterocycles. The van der Waals surface area contributed by atoms with Gasteiger partial charge in [0, 0.05) is 12.1 Å². The second kappa shape index (κ2) is 8.54. The van der Waals surface area contributed by atoms with Crippen molar-refractivity contribution in [3.8, 4) is 5.75 Å². The molecule has 0 heterocycles. The van der Waals surface area contributed by atoms with Crippen LogP contribution in [0.15, 0.2) is 24.3 Å². The number of ether oxygens (including phenoxy) is 1. The molecule has 1 amide bonds. The first-order valence-electron chi connectivity index (χ1n) is 9.17. The summed E-state index contributed by atoms with van der Waals surface area (Å²) in [7, 11) is 0. The number of carboxylic acids is 1. The van der Waals surface area contributed by atoms with Gasteiger partial charge in [-0.25, -0.2) is 0 Å². The van der Waals surface area contributed by atoms with Gasteiger partial charge in [0.05, 0.1) is 6.54 Å². The Hall–Kier alpha value is -2.08. The number of likely N-dealkylation sites (N-methyl/N-ethyl adjacent to an activating group) is 1. The van der Waals surface area contributed by atoms with E-state index in [0.717, 1.165) is 12.8 Å². The van der Waals surface area contributed by atoms with Gasteiger partial charge in [-0.05, 0) is 42.5 Å². The molecule has 0 aromatic heterocycles. The van der Waals surface area contributed by atoms with Gasteiger partial charge in [-0.1, -0.05) is 39.8 Å². The summed E-state index contributed by atoms with van der Waals surface area (Å²) in [4.78, 5) is 24.8. The van der Waals surface area contributed by atoms with Crippen LogP contribution in [-0.2, 0) is 15.0 Å². The van der Waals surface area contributed by atoms with Crippen LogP contribution in [0.2, 0.25) is 0 Å². The van der Waals surface area contributed by atoms with Crippen LogP contribution in [0.3, 0.4) is 0 Å². The number of amides is 1. The number of hydrogen-bond acceptors (Lipinski definition) is 4. The molecule has 144 valence electrons. The van der Waals surface area contributed by atoms with E-state index in [1.165, 1.54) is 5.56 Å². The Morgan fingerprint density at radius 3 is 2.35 bits per heavy atom. The van der Waals surface area contributed by atoms with Crippen molar-refractivity contribution in [2.45, 2.75) is 58.0 Å². The SMILES string of the molecule is CCN(CC(=O)O)C1CC(NC(=O)COc2ccc(C(C)(C)C)cc2)C1. The number of nitrogens with zero attached hydrogens (tertiary/aromatic N) is 1. The minimum atomic E-state index is -0.815. The van der Waals surface area contributed by atoms with Crippen molar-refractivity contribution >= 4 is 11.9 Å². The third-order valence-corrected chi connectivity index (χ3v) is 4.83. The molecule has 2 rings (SSSR count). The molecule has 1 aliphatic rings. The first-order chi connectivity index (χ1) is 12.2. The van der Waals surface area contributed by atoms with E-state index in [1.54, 1.807) is 0 Å². The van der Waals surface area contributed by atoms with Gasteiger partial charge in [0.15, 0.2) is 6.61 Å². The number of carbonyl (C=O) groups excluding carboxylic acids is 1. The van der Waals surface area contributed by atoms with Crippen LogP contribution in [0, 0.1) is 0 Å². The van der Waals surface area contributed by atoms with Crippen molar-refractivity contribution < 1.29 is 19.4 Å². The maximum absolute atomic E-state index is 12.0. The van der Waals surface area contributed by atoms with Gasteiger partial charge in [-0.2, -0.15) is 0 Å². The summed E-state index contributed by atoms with van der Waals surface area (Å²) < 4.78 is 5.55. The van der Waals surface area contributed by atoms with Gasteiger partial charge >= 0.3 is 5.97 Å². The lowest BCUT2D eigenvalue weighted by Gasteiger charge is -2.42. The predicted molar refractivity (Wildman–Crippen MR) is 100 cm³/mol. The molecule has 6 heteroatoms. The molecule has 1 saturated carbocycles. The number of rotatable bonds is 8.